The van der Waals surface area contributed by atoms with Crippen LogP contribution in [0.5, 0.6) is 0 Å². The number of halogens is 5. The summed E-state index contributed by atoms with van der Waals surface area (Å²) in [6.45, 7) is -0.350. The normalized spacial score (nSPS) is 18.8. The van der Waals surface area contributed by atoms with Crippen LogP contribution >= 0.6 is 11.6 Å². The molecule has 1 aliphatic heterocycles. The zero-order valence-corrected chi connectivity index (χ0v) is 21.3. The van der Waals surface area contributed by atoms with Gasteiger partial charge in [-0.05, 0) is 55.5 Å². The number of nitrogens with zero attached hydrogens (tertiary/aromatic N) is 3. The van der Waals surface area contributed by atoms with Crippen molar-refractivity contribution in [1.29, 1.82) is 5.26 Å². The lowest BCUT2D eigenvalue weighted by Crippen LogP contribution is -2.38. The van der Waals surface area contributed by atoms with E-state index in [9.17, 15) is 22.8 Å². The lowest BCUT2D eigenvalue weighted by Gasteiger charge is -2.23. The molecule has 2 saturated carbocycles. The largest absolute Gasteiger partial charge is 0.396 e. The minimum atomic E-state index is -4.34. The minimum absolute atomic E-state index is 0.0370. The quantitative estimate of drug-likeness (QED) is 0.248. The Balaban J connectivity index is 1.37. The van der Waals surface area contributed by atoms with E-state index in [0.717, 1.165) is 24.1 Å². The van der Waals surface area contributed by atoms with E-state index < -0.39 is 17.6 Å². The molecule has 2 aromatic carbocycles. The predicted molar refractivity (Wildman–Crippen MR) is 140 cm³/mol. The van der Waals surface area contributed by atoms with E-state index in [2.05, 4.69) is 26.6 Å². The predicted octanol–water partition coefficient (Wildman–Crippen LogP) is 6.14. The smallest absolute Gasteiger partial charge is 0.382 e. The molecule has 3 aromatic rings. The summed E-state index contributed by atoms with van der Waals surface area (Å²) in [4.78, 5) is 4.30. The van der Waals surface area contributed by atoms with Crippen LogP contribution in [0.4, 0.5) is 28.9 Å². The first-order valence-corrected chi connectivity index (χ1v) is 12.9. The molecule has 3 aliphatic rings. The third-order valence-electron chi connectivity index (χ3n) is 7.48. The van der Waals surface area contributed by atoms with Crippen LogP contribution in [-0.4, -0.2) is 28.8 Å². The summed E-state index contributed by atoms with van der Waals surface area (Å²) in [6, 6.07) is 11.4. The molecule has 2 fully saturated rings. The van der Waals surface area contributed by atoms with E-state index >= 15 is 0 Å². The summed E-state index contributed by atoms with van der Waals surface area (Å²) in [5, 5.41) is 18.7. The lowest BCUT2D eigenvalue weighted by atomic mass is 10.0. The third kappa shape index (κ3) is 4.90. The monoisotopic (exact) mass is 557 g/mol. The molecule has 0 radical (unpaired) electrons. The van der Waals surface area contributed by atoms with Crippen LogP contribution in [0.2, 0.25) is 5.02 Å². The van der Waals surface area contributed by atoms with Crippen molar-refractivity contribution >= 4 is 33.9 Å². The number of nitrogens with one attached hydrogen (secondary N) is 4. The molecule has 2 aliphatic carbocycles. The Hall–Kier alpha value is -3.75. The Morgan fingerprint density at radius 2 is 1.95 bits per heavy atom. The topological polar surface area (TPSA) is 88.0 Å². The Labute approximate surface area is 226 Å². The Morgan fingerprint density at radius 1 is 1.21 bits per heavy atom. The number of anilines is 2. The van der Waals surface area contributed by atoms with Gasteiger partial charge < -0.3 is 16.1 Å². The first kappa shape index (κ1) is 25.5. The molecule has 6 rings (SSSR count). The number of benzene rings is 2. The fourth-order valence-corrected chi connectivity index (χ4v) is 5.06. The zero-order chi connectivity index (χ0) is 27.4. The molecule has 1 aromatic heterocycles. The van der Waals surface area contributed by atoms with Gasteiger partial charge >= 0.3 is 6.18 Å². The highest BCUT2D eigenvalue weighted by molar-refractivity contribution is 6.35. The molecule has 202 valence electrons. The van der Waals surface area contributed by atoms with Crippen LogP contribution in [0.25, 0.3) is 10.9 Å². The van der Waals surface area contributed by atoms with Crippen LogP contribution in [0.1, 0.15) is 42.9 Å². The number of pyridine rings is 1. The van der Waals surface area contributed by atoms with Crippen LogP contribution in [0.3, 0.4) is 0 Å². The number of rotatable bonds is 8. The van der Waals surface area contributed by atoms with Crippen molar-refractivity contribution < 1.29 is 17.6 Å². The molecule has 12 heteroatoms. The summed E-state index contributed by atoms with van der Waals surface area (Å²) in [6.07, 6.45) is 1.15. The Bertz CT molecular complexity index is 1490. The van der Waals surface area contributed by atoms with Gasteiger partial charge in [-0.2, -0.15) is 18.4 Å². The molecular weight excluding hydrogens is 534 g/mol. The van der Waals surface area contributed by atoms with Gasteiger partial charge in [-0.3, -0.25) is 9.99 Å². The highest BCUT2D eigenvalue weighted by Gasteiger charge is 2.62. The number of nitriles is 1. The number of alkyl halides is 3. The number of aromatic nitrogens is 1. The van der Waals surface area contributed by atoms with Crippen molar-refractivity contribution in [2.24, 2.45) is 5.41 Å². The molecule has 1 atom stereocenters. The van der Waals surface area contributed by atoms with Crippen molar-refractivity contribution in [3.05, 3.63) is 76.5 Å². The van der Waals surface area contributed by atoms with E-state index in [1.807, 2.05) is 17.3 Å². The van der Waals surface area contributed by atoms with Gasteiger partial charge in [-0.15, -0.1) is 5.53 Å². The van der Waals surface area contributed by atoms with Gasteiger partial charge in [0, 0.05) is 36.1 Å². The van der Waals surface area contributed by atoms with Crippen molar-refractivity contribution in [2.45, 2.75) is 43.9 Å². The van der Waals surface area contributed by atoms with E-state index in [-0.39, 0.29) is 41.5 Å². The fourth-order valence-electron chi connectivity index (χ4n) is 4.79. The van der Waals surface area contributed by atoms with E-state index in [0.29, 0.717) is 22.6 Å². The molecule has 0 spiro atoms. The van der Waals surface area contributed by atoms with Crippen LogP contribution in [0, 0.1) is 22.6 Å². The molecule has 0 bridgehead atoms. The van der Waals surface area contributed by atoms with Crippen molar-refractivity contribution in [2.75, 3.05) is 17.2 Å². The first-order valence-electron chi connectivity index (χ1n) is 12.5. The van der Waals surface area contributed by atoms with Crippen molar-refractivity contribution in [3.63, 3.8) is 0 Å². The maximum Gasteiger partial charge on any atom is 0.396 e. The molecule has 2 heterocycles. The summed E-state index contributed by atoms with van der Waals surface area (Å²) in [5.41, 5.74) is 7.34. The fraction of sp³-hybridized carbons (Fsp3) is 0.333. The van der Waals surface area contributed by atoms with Crippen molar-refractivity contribution in [1.82, 2.24) is 21.0 Å². The number of hydrazine groups is 2. The minimum Gasteiger partial charge on any atom is -0.382 e. The van der Waals surface area contributed by atoms with Gasteiger partial charge in [0.15, 0.2) is 0 Å². The van der Waals surface area contributed by atoms with Gasteiger partial charge in [0.25, 0.3) is 0 Å². The van der Waals surface area contributed by atoms with Crippen LogP contribution < -0.4 is 21.6 Å². The third-order valence-corrected chi connectivity index (χ3v) is 7.76. The zero-order valence-electron chi connectivity index (χ0n) is 20.5. The molecule has 39 heavy (non-hydrogen) atoms. The van der Waals surface area contributed by atoms with Crippen LogP contribution in [-0.2, 0) is 0 Å². The molecule has 7 nitrogen and oxygen atoms in total. The summed E-state index contributed by atoms with van der Waals surface area (Å²) in [5.74, 6) is -0.365. The Kier molecular flexibility index (Phi) is 6.19. The second-order valence-corrected chi connectivity index (χ2v) is 10.6. The second kappa shape index (κ2) is 9.47. The maximum atomic E-state index is 13.7. The molecule has 4 N–H and O–H groups in total. The number of hydrogen-bond acceptors (Lipinski definition) is 7. The van der Waals surface area contributed by atoms with Gasteiger partial charge in [0.2, 0.25) is 0 Å². The standard InChI is InChI=1S/C27H24ClF4N7/c28-21-10-18(36-24(15-1-3-17(29)4-2-15)22-13-39(38-37-22)19-5-6-19)9-20-23(16(11-33)12-34-25(20)21)35-14-26(7-8-26)27(30,31)32/h1-4,9-10,12-13,19,24,36-38H,5-8,14H2,(H,34,35). The summed E-state index contributed by atoms with van der Waals surface area (Å²) >= 11 is 6.59. The van der Waals surface area contributed by atoms with E-state index in [1.54, 1.807) is 24.3 Å². The lowest BCUT2D eigenvalue weighted by molar-refractivity contribution is -0.182. The average Bonchev–Trinajstić information content (AvgIpc) is 3.84. The van der Waals surface area contributed by atoms with Crippen LogP contribution in [0.15, 0.2) is 54.5 Å². The van der Waals surface area contributed by atoms with Gasteiger partial charge in [-0.1, -0.05) is 23.7 Å². The summed E-state index contributed by atoms with van der Waals surface area (Å²) < 4.78 is 54.5. The second-order valence-electron chi connectivity index (χ2n) is 10.2. The van der Waals surface area contributed by atoms with Crippen molar-refractivity contribution in [3.8, 4) is 6.07 Å². The number of hydrogen-bond donors (Lipinski definition) is 4. The van der Waals surface area contributed by atoms with Gasteiger partial charge in [0.05, 0.1) is 38.9 Å². The highest BCUT2D eigenvalue weighted by Crippen LogP contribution is 2.57. The van der Waals surface area contributed by atoms with E-state index in [4.69, 9.17) is 11.6 Å². The maximum absolute atomic E-state index is 13.7. The summed E-state index contributed by atoms with van der Waals surface area (Å²) in [7, 11) is 0. The molecular formula is C27H24ClF4N7. The first-order chi connectivity index (χ1) is 18.7. The molecule has 0 saturated heterocycles. The average molecular weight is 558 g/mol. The van der Waals surface area contributed by atoms with Gasteiger partial charge in [-0.25, -0.2) is 4.39 Å². The van der Waals surface area contributed by atoms with E-state index in [1.165, 1.54) is 18.3 Å². The molecule has 0 amide bonds. The number of fused-ring (bicyclic) bond motifs is 1. The SMILES string of the molecule is N#Cc1cnc2c(Cl)cc(NC(C3=CN(C4CC4)NN3)c3ccc(F)cc3)cc2c1NCC1(C(F)(F)F)CC1. The highest BCUT2D eigenvalue weighted by atomic mass is 35.5. The molecule has 1 unspecified atom stereocenters. The Morgan fingerprint density at radius 3 is 2.59 bits per heavy atom. The van der Waals surface area contributed by atoms with Gasteiger partial charge in [0.1, 0.15) is 11.9 Å².